The number of methoxy groups -OCH3 is 1. The van der Waals surface area contributed by atoms with Crippen LogP contribution in [0, 0.1) is 6.92 Å². The van der Waals surface area contributed by atoms with E-state index in [2.05, 4.69) is 0 Å². The third-order valence-electron chi connectivity index (χ3n) is 3.29. The third kappa shape index (κ3) is 2.48. The van der Waals surface area contributed by atoms with Crippen LogP contribution in [0.1, 0.15) is 19.4 Å². The first-order valence-corrected chi connectivity index (χ1v) is 7.48. The molecule has 1 heterocycles. The van der Waals surface area contributed by atoms with Gasteiger partial charge < -0.3 is 9.47 Å². The highest BCUT2D eigenvalue weighted by molar-refractivity contribution is 7.89. The van der Waals surface area contributed by atoms with Gasteiger partial charge in [0, 0.05) is 0 Å². The van der Waals surface area contributed by atoms with Crippen molar-refractivity contribution in [3.8, 4) is 5.75 Å². The summed E-state index contributed by atoms with van der Waals surface area (Å²) in [5.74, 6) is 0.677. The molecule has 5 nitrogen and oxygen atoms in total. The van der Waals surface area contributed by atoms with Crippen LogP contribution in [0.5, 0.6) is 5.75 Å². The summed E-state index contributed by atoms with van der Waals surface area (Å²) in [5, 5.41) is 0. The van der Waals surface area contributed by atoms with Crippen LogP contribution in [0.4, 0.5) is 0 Å². The SMILES string of the molecule is COc1ccc(S(=O)(=O)N2COCC2(C)C)cc1C. The molecule has 0 saturated carbocycles. The Labute approximate surface area is 114 Å². The average Bonchev–Trinajstić information content (AvgIpc) is 2.69. The van der Waals surface area contributed by atoms with E-state index in [0.717, 1.165) is 5.56 Å². The Bertz CT molecular complexity index is 580. The molecule has 1 aliphatic heterocycles. The van der Waals surface area contributed by atoms with E-state index in [4.69, 9.17) is 9.47 Å². The molecule has 0 bridgehead atoms. The van der Waals surface area contributed by atoms with Crippen molar-refractivity contribution in [3.63, 3.8) is 0 Å². The van der Waals surface area contributed by atoms with E-state index in [1.807, 2.05) is 20.8 Å². The van der Waals surface area contributed by atoms with E-state index < -0.39 is 15.6 Å². The Morgan fingerprint density at radius 2 is 2.05 bits per heavy atom. The van der Waals surface area contributed by atoms with Crippen LogP contribution in [-0.4, -0.2) is 38.7 Å². The average molecular weight is 285 g/mol. The summed E-state index contributed by atoms with van der Waals surface area (Å²) in [5.41, 5.74) is 0.272. The Hall–Kier alpha value is -1.11. The lowest BCUT2D eigenvalue weighted by Crippen LogP contribution is -2.44. The van der Waals surface area contributed by atoms with Gasteiger partial charge >= 0.3 is 0 Å². The summed E-state index contributed by atoms with van der Waals surface area (Å²) in [6, 6.07) is 4.87. The zero-order valence-electron chi connectivity index (χ0n) is 11.6. The second-order valence-corrected chi connectivity index (χ2v) is 7.14. The first kappa shape index (κ1) is 14.3. The summed E-state index contributed by atoms with van der Waals surface area (Å²) >= 11 is 0. The maximum absolute atomic E-state index is 12.6. The molecule has 1 aromatic carbocycles. The molecule has 1 fully saturated rings. The van der Waals surface area contributed by atoms with Crippen LogP contribution in [0.25, 0.3) is 0 Å². The van der Waals surface area contributed by atoms with Crippen molar-refractivity contribution in [1.29, 1.82) is 0 Å². The molecular weight excluding hydrogens is 266 g/mol. The maximum Gasteiger partial charge on any atom is 0.245 e. The lowest BCUT2D eigenvalue weighted by molar-refractivity contribution is 0.171. The predicted octanol–water partition coefficient (Wildman–Crippen LogP) is 1.76. The molecule has 0 aliphatic carbocycles. The summed E-state index contributed by atoms with van der Waals surface area (Å²) < 4.78 is 37.0. The van der Waals surface area contributed by atoms with Crippen molar-refractivity contribution in [2.45, 2.75) is 31.2 Å². The Kier molecular flexibility index (Phi) is 3.59. The Morgan fingerprint density at radius 3 is 2.53 bits per heavy atom. The van der Waals surface area contributed by atoms with Gasteiger partial charge in [-0.15, -0.1) is 0 Å². The van der Waals surface area contributed by atoms with Gasteiger partial charge in [0.15, 0.2) is 0 Å². The summed E-state index contributed by atoms with van der Waals surface area (Å²) in [7, 11) is -1.98. The molecule has 1 aromatic rings. The molecule has 19 heavy (non-hydrogen) atoms. The highest BCUT2D eigenvalue weighted by atomic mass is 32.2. The van der Waals surface area contributed by atoms with Gasteiger partial charge in [0.25, 0.3) is 0 Å². The number of aryl methyl sites for hydroxylation is 1. The minimum Gasteiger partial charge on any atom is -0.496 e. The number of benzene rings is 1. The number of rotatable bonds is 3. The van der Waals surface area contributed by atoms with E-state index in [1.54, 1.807) is 25.3 Å². The molecule has 106 valence electrons. The van der Waals surface area contributed by atoms with Crippen molar-refractivity contribution >= 4 is 10.0 Å². The van der Waals surface area contributed by atoms with Crippen LogP contribution in [0.3, 0.4) is 0 Å². The molecular formula is C13H19NO4S. The van der Waals surface area contributed by atoms with Gasteiger partial charge in [0.05, 0.1) is 24.2 Å². The predicted molar refractivity (Wildman–Crippen MR) is 71.7 cm³/mol. The first-order chi connectivity index (χ1) is 8.79. The summed E-state index contributed by atoms with van der Waals surface area (Å²) in [6.45, 7) is 6.03. The minimum absolute atomic E-state index is 0.0976. The van der Waals surface area contributed by atoms with Crippen molar-refractivity contribution < 1.29 is 17.9 Å². The normalized spacial score (nSPS) is 19.6. The van der Waals surface area contributed by atoms with Crippen LogP contribution in [-0.2, 0) is 14.8 Å². The van der Waals surface area contributed by atoms with Crippen molar-refractivity contribution in [2.75, 3.05) is 20.4 Å². The van der Waals surface area contributed by atoms with Gasteiger partial charge in [-0.3, -0.25) is 0 Å². The lowest BCUT2D eigenvalue weighted by atomic mass is 10.1. The standard InChI is InChI=1S/C13H19NO4S/c1-10-7-11(5-6-12(10)17-4)19(15,16)14-9-18-8-13(14,2)3/h5-7H,8-9H2,1-4H3. The monoisotopic (exact) mass is 285 g/mol. The van der Waals surface area contributed by atoms with Gasteiger partial charge in [-0.2, -0.15) is 4.31 Å². The molecule has 1 saturated heterocycles. The quantitative estimate of drug-likeness (QED) is 0.849. The highest BCUT2D eigenvalue weighted by Crippen LogP contribution is 2.31. The molecule has 6 heteroatoms. The Balaban J connectivity index is 2.43. The van der Waals surface area contributed by atoms with Crippen LogP contribution in [0.15, 0.2) is 23.1 Å². The van der Waals surface area contributed by atoms with Crippen LogP contribution < -0.4 is 4.74 Å². The maximum atomic E-state index is 12.6. The molecule has 0 N–H and O–H groups in total. The zero-order chi connectivity index (χ0) is 14.3. The topological polar surface area (TPSA) is 55.8 Å². The minimum atomic E-state index is -3.54. The van der Waals surface area contributed by atoms with Gasteiger partial charge in [-0.1, -0.05) is 0 Å². The third-order valence-corrected chi connectivity index (χ3v) is 5.32. The molecule has 2 rings (SSSR count). The number of hydrogen-bond donors (Lipinski definition) is 0. The smallest absolute Gasteiger partial charge is 0.245 e. The van der Waals surface area contributed by atoms with Crippen molar-refractivity contribution in [3.05, 3.63) is 23.8 Å². The fourth-order valence-electron chi connectivity index (χ4n) is 2.16. The second-order valence-electron chi connectivity index (χ2n) is 5.27. The van der Waals surface area contributed by atoms with E-state index >= 15 is 0 Å². The molecule has 0 amide bonds. The van der Waals surface area contributed by atoms with E-state index in [0.29, 0.717) is 12.4 Å². The Morgan fingerprint density at radius 1 is 1.37 bits per heavy atom. The molecule has 0 radical (unpaired) electrons. The van der Waals surface area contributed by atoms with Crippen molar-refractivity contribution in [1.82, 2.24) is 4.31 Å². The van der Waals surface area contributed by atoms with E-state index in [1.165, 1.54) is 4.31 Å². The van der Waals surface area contributed by atoms with Gasteiger partial charge in [-0.25, -0.2) is 8.42 Å². The van der Waals surface area contributed by atoms with Crippen LogP contribution in [0.2, 0.25) is 0 Å². The second kappa shape index (κ2) is 4.77. The van der Waals surface area contributed by atoms with E-state index in [-0.39, 0.29) is 11.6 Å². The largest absolute Gasteiger partial charge is 0.496 e. The molecule has 0 aromatic heterocycles. The number of ether oxygens (including phenoxy) is 2. The van der Waals surface area contributed by atoms with Gasteiger partial charge in [0.1, 0.15) is 12.5 Å². The summed E-state index contributed by atoms with van der Waals surface area (Å²) in [6.07, 6.45) is 0. The van der Waals surface area contributed by atoms with Gasteiger partial charge in [0.2, 0.25) is 10.0 Å². The number of sulfonamides is 1. The highest BCUT2D eigenvalue weighted by Gasteiger charge is 2.42. The fourth-order valence-corrected chi connectivity index (χ4v) is 3.90. The van der Waals surface area contributed by atoms with E-state index in [9.17, 15) is 8.42 Å². The van der Waals surface area contributed by atoms with Gasteiger partial charge in [-0.05, 0) is 44.5 Å². The first-order valence-electron chi connectivity index (χ1n) is 6.04. The molecule has 0 spiro atoms. The lowest BCUT2D eigenvalue weighted by Gasteiger charge is -2.28. The molecule has 0 atom stereocenters. The fraction of sp³-hybridized carbons (Fsp3) is 0.538. The molecule has 1 aliphatic rings. The molecule has 0 unspecified atom stereocenters. The zero-order valence-corrected chi connectivity index (χ0v) is 12.5. The summed E-state index contributed by atoms with van der Waals surface area (Å²) in [4.78, 5) is 0.268. The van der Waals surface area contributed by atoms with Crippen LogP contribution >= 0.6 is 0 Å². The number of nitrogens with zero attached hydrogens (tertiary/aromatic N) is 1. The number of hydrogen-bond acceptors (Lipinski definition) is 4. The van der Waals surface area contributed by atoms with Crippen molar-refractivity contribution in [2.24, 2.45) is 0 Å².